The first kappa shape index (κ1) is 20.5. The highest BCUT2D eigenvalue weighted by Crippen LogP contribution is 2.32. The Labute approximate surface area is 180 Å². The molecule has 1 aliphatic carbocycles. The fourth-order valence-electron chi connectivity index (χ4n) is 3.78. The Morgan fingerprint density at radius 2 is 2.07 bits per heavy atom. The van der Waals surface area contributed by atoms with Crippen molar-refractivity contribution >= 4 is 17.7 Å². The van der Waals surface area contributed by atoms with E-state index >= 15 is 0 Å². The highest BCUT2D eigenvalue weighted by atomic mass is 32.2. The van der Waals surface area contributed by atoms with E-state index in [9.17, 15) is 4.79 Å². The van der Waals surface area contributed by atoms with Crippen LogP contribution in [0.1, 0.15) is 25.7 Å². The second-order valence-electron chi connectivity index (χ2n) is 7.50. The molecular weight excluding hydrogens is 400 g/mol. The number of thioether (sulfide) groups is 1. The first-order chi connectivity index (χ1) is 14.5. The molecule has 0 radical (unpaired) electrons. The molecule has 1 aromatic carbocycles. The quantitative estimate of drug-likeness (QED) is 0.585. The van der Waals surface area contributed by atoms with Crippen LogP contribution in [0.15, 0.2) is 35.6 Å². The molecule has 1 fully saturated rings. The van der Waals surface area contributed by atoms with E-state index in [4.69, 9.17) is 4.74 Å². The number of rotatable bonds is 7. The molecule has 2 heterocycles. The lowest BCUT2D eigenvalue weighted by Gasteiger charge is -2.11. The third-order valence-electron chi connectivity index (χ3n) is 5.30. The van der Waals surface area contributed by atoms with E-state index in [0.717, 1.165) is 35.4 Å². The van der Waals surface area contributed by atoms with Gasteiger partial charge in [-0.3, -0.25) is 9.48 Å². The molecule has 1 saturated carbocycles. The zero-order chi connectivity index (χ0) is 21.1. The van der Waals surface area contributed by atoms with Gasteiger partial charge in [-0.25, -0.2) is 0 Å². The van der Waals surface area contributed by atoms with Gasteiger partial charge < -0.3 is 14.6 Å². The van der Waals surface area contributed by atoms with E-state index in [1.807, 2.05) is 49.1 Å². The number of nitrogens with one attached hydrogen (secondary N) is 1. The first-order valence-corrected chi connectivity index (χ1v) is 11.0. The second-order valence-corrected chi connectivity index (χ2v) is 8.44. The van der Waals surface area contributed by atoms with Gasteiger partial charge in [0.05, 0.1) is 18.4 Å². The van der Waals surface area contributed by atoms with Crippen LogP contribution in [0.3, 0.4) is 0 Å². The molecule has 1 N–H and O–H groups in total. The average Bonchev–Trinajstić information content (AvgIpc) is 3.47. The van der Waals surface area contributed by atoms with E-state index in [2.05, 4.69) is 20.6 Å². The molecule has 1 amide bonds. The molecule has 9 heteroatoms. The van der Waals surface area contributed by atoms with Crippen LogP contribution in [0.4, 0.5) is 0 Å². The molecule has 158 valence electrons. The van der Waals surface area contributed by atoms with Gasteiger partial charge in [-0.1, -0.05) is 36.7 Å². The number of aryl methyl sites for hydroxylation is 1. The minimum absolute atomic E-state index is 0.0508. The maximum Gasteiger partial charge on any atom is 0.230 e. The smallest absolute Gasteiger partial charge is 0.230 e. The van der Waals surface area contributed by atoms with Crippen LogP contribution in [0.5, 0.6) is 5.75 Å². The van der Waals surface area contributed by atoms with Crippen molar-refractivity contribution in [2.75, 3.05) is 12.9 Å². The van der Waals surface area contributed by atoms with Crippen molar-refractivity contribution in [2.45, 2.75) is 36.9 Å². The summed E-state index contributed by atoms with van der Waals surface area (Å²) in [7, 11) is 5.44. The normalized spacial score (nSPS) is 14.2. The van der Waals surface area contributed by atoms with Crippen LogP contribution in [0, 0.1) is 0 Å². The summed E-state index contributed by atoms with van der Waals surface area (Å²) < 4.78 is 9.02. The van der Waals surface area contributed by atoms with Crippen molar-refractivity contribution in [3.63, 3.8) is 0 Å². The molecule has 0 aliphatic heterocycles. The summed E-state index contributed by atoms with van der Waals surface area (Å²) >= 11 is 1.40. The Balaban J connectivity index is 1.53. The Morgan fingerprint density at radius 3 is 2.83 bits per heavy atom. The molecule has 0 atom stereocenters. The number of carbonyl (C=O) groups is 1. The summed E-state index contributed by atoms with van der Waals surface area (Å²) in [4.78, 5) is 12.2. The monoisotopic (exact) mass is 426 g/mol. The van der Waals surface area contributed by atoms with Crippen LogP contribution in [0.25, 0.3) is 22.6 Å². The minimum atomic E-state index is 0.0508. The maximum atomic E-state index is 12.2. The minimum Gasteiger partial charge on any atom is -0.497 e. The largest absolute Gasteiger partial charge is 0.497 e. The number of ether oxygens (including phenoxy) is 1. The van der Waals surface area contributed by atoms with Gasteiger partial charge in [0.25, 0.3) is 0 Å². The summed E-state index contributed by atoms with van der Waals surface area (Å²) in [6, 6.07) is 8.11. The summed E-state index contributed by atoms with van der Waals surface area (Å²) in [5.41, 5.74) is 2.63. The Kier molecular flexibility index (Phi) is 6.08. The van der Waals surface area contributed by atoms with Gasteiger partial charge in [-0.2, -0.15) is 5.10 Å². The fraction of sp³-hybridized carbons (Fsp3) is 0.429. The average molecular weight is 427 g/mol. The molecule has 2 aromatic heterocycles. The van der Waals surface area contributed by atoms with Gasteiger partial charge >= 0.3 is 0 Å². The van der Waals surface area contributed by atoms with Crippen molar-refractivity contribution in [3.05, 3.63) is 30.5 Å². The van der Waals surface area contributed by atoms with Crippen molar-refractivity contribution in [2.24, 2.45) is 14.1 Å². The van der Waals surface area contributed by atoms with E-state index < -0.39 is 0 Å². The lowest BCUT2D eigenvalue weighted by Crippen LogP contribution is -2.33. The number of aromatic nitrogens is 5. The molecule has 1 aliphatic rings. The number of methoxy groups -OCH3 is 1. The topological polar surface area (TPSA) is 86.9 Å². The van der Waals surface area contributed by atoms with Crippen LogP contribution in [-0.2, 0) is 18.9 Å². The lowest BCUT2D eigenvalue weighted by molar-refractivity contribution is -0.119. The molecular formula is C21H26N6O2S. The third kappa shape index (κ3) is 4.35. The van der Waals surface area contributed by atoms with Crippen LogP contribution in [0.2, 0.25) is 0 Å². The van der Waals surface area contributed by atoms with Crippen LogP contribution >= 0.6 is 11.8 Å². The van der Waals surface area contributed by atoms with Gasteiger partial charge in [0.1, 0.15) is 11.4 Å². The molecule has 30 heavy (non-hydrogen) atoms. The van der Waals surface area contributed by atoms with Crippen molar-refractivity contribution in [1.29, 1.82) is 0 Å². The first-order valence-electron chi connectivity index (χ1n) is 10.0. The predicted octanol–water partition coefficient (Wildman–Crippen LogP) is 3.04. The highest BCUT2D eigenvalue weighted by Gasteiger charge is 2.21. The summed E-state index contributed by atoms with van der Waals surface area (Å²) in [6.45, 7) is 0. The van der Waals surface area contributed by atoms with E-state index in [0.29, 0.717) is 22.8 Å². The zero-order valence-electron chi connectivity index (χ0n) is 17.5. The van der Waals surface area contributed by atoms with Gasteiger partial charge in [0.15, 0.2) is 11.0 Å². The molecule has 0 unspecified atom stereocenters. The van der Waals surface area contributed by atoms with Gasteiger partial charge in [-0.05, 0) is 25.0 Å². The number of carbonyl (C=O) groups excluding carboxylic acids is 1. The van der Waals surface area contributed by atoms with Crippen LogP contribution < -0.4 is 10.1 Å². The summed E-state index contributed by atoms with van der Waals surface area (Å²) in [6.07, 6.45) is 6.49. The fourth-order valence-corrected chi connectivity index (χ4v) is 4.50. The molecule has 0 saturated heterocycles. The molecule has 4 rings (SSSR count). The third-order valence-corrected chi connectivity index (χ3v) is 6.32. The van der Waals surface area contributed by atoms with E-state index in [1.165, 1.54) is 24.6 Å². The molecule has 0 spiro atoms. The Morgan fingerprint density at radius 1 is 1.27 bits per heavy atom. The van der Waals surface area contributed by atoms with E-state index in [1.54, 1.807) is 11.8 Å². The SMILES string of the molecule is COc1cccc(-c2nn(C)cc2-c2nnc(SCC(=O)NC3CCCC3)n2C)c1. The second kappa shape index (κ2) is 8.91. The zero-order valence-corrected chi connectivity index (χ0v) is 18.3. The number of nitrogens with zero attached hydrogens (tertiary/aromatic N) is 5. The maximum absolute atomic E-state index is 12.2. The number of hydrogen-bond acceptors (Lipinski definition) is 6. The lowest BCUT2D eigenvalue weighted by atomic mass is 10.1. The van der Waals surface area contributed by atoms with E-state index in [-0.39, 0.29) is 5.91 Å². The summed E-state index contributed by atoms with van der Waals surface area (Å²) in [5.74, 6) is 1.86. The van der Waals surface area contributed by atoms with Gasteiger partial charge in [0, 0.05) is 31.9 Å². The summed E-state index contributed by atoms with van der Waals surface area (Å²) in [5, 5.41) is 17.1. The Hall–Kier alpha value is -2.81. The van der Waals surface area contributed by atoms with Crippen molar-refractivity contribution in [3.8, 4) is 28.4 Å². The molecule has 3 aromatic rings. The van der Waals surface area contributed by atoms with Crippen molar-refractivity contribution < 1.29 is 9.53 Å². The Bertz CT molecular complexity index is 1040. The number of hydrogen-bond donors (Lipinski definition) is 1. The molecule has 0 bridgehead atoms. The number of amides is 1. The molecule has 8 nitrogen and oxygen atoms in total. The van der Waals surface area contributed by atoms with Gasteiger partial charge in [-0.15, -0.1) is 10.2 Å². The highest BCUT2D eigenvalue weighted by molar-refractivity contribution is 7.99. The predicted molar refractivity (Wildman–Crippen MR) is 116 cm³/mol. The number of benzene rings is 1. The van der Waals surface area contributed by atoms with Crippen LogP contribution in [-0.4, -0.2) is 49.4 Å². The van der Waals surface area contributed by atoms with Gasteiger partial charge in [0.2, 0.25) is 5.91 Å². The van der Waals surface area contributed by atoms with Crippen molar-refractivity contribution in [1.82, 2.24) is 29.9 Å². The standard InChI is InChI=1S/C21H26N6O2S/c1-26-12-17(19(25-26)14-7-6-10-16(11-14)29-3)20-23-24-21(27(20)2)30-13-18(28)22-15-8-4-5-9-15/h6-7,10-12,15H,4-5,8-9,13H2,1-3H3,(H,22,28).